The fourth-order valence-corrected chi connectivity index (χ4v) is 3.20. The van der Waals surface area contributed by atoms with Crippen LogP contribution in [0, 0.1) is 5.92 Å². The summed E-state index contributed by atoms with van der Waals surface area (Å²) in [7, 11) is 0. The van der Waals surface area contributed by atoms with Crippen LogP contribution in [-0.2, 0) is 17.7 Å². The van der Waals surface area contributed by atoms with Crippen LogP contribution in [0.15, 0.2) is 24.3 Å². The lowest BCUT2D eigenvalue weighted by molar-refractivity contribution is 0.181. The number of benzene rings is 1. The average molecular weight is 288 g/mol. The molecule has 0 bridgehead atoms. The van der Waals surface area contributed by atoms with Crippen LogP contribution < -0.4 is 11.3 Å². The first-order valence-corrected chi connectivity index (χ1v) is 7.80. The Bertz CT molecular complexity index is 589. The summed E-state index contributed by atoms with van der Waals surface area (Å²) in [4.78, 5) is 0. The molecular formula is C16H24N4O. The van der Waals surface area contributed by atoms with Crippen molar-refractivity contribution in [1.82, 2.24) is 15.2 Å². The van der Waals surface area contributed by atoms with Gasteiger partial charge >= 0.3 is 0 Å². The number of nitrogens with zero attached hydrogens (tertiary/aromatic N) is 2. The molecule has 0 aliphatic carbocycles. The lowest BCUT2D eigenvalue weighted by atomic mass is 9.96. The average Bonchev–Trinajstić information content (AvgIpc) is 3.14. The molecular weight excluding hydrogens is 264 g/mol. The van der Waals surface area contributed by atoms with Gasteiger partial charge < -0.3 is 4.74 Å². The third kappa shape index (κ3) is 3.10. The molecule has 1 aliphatic rings. The quantitative estimate of drug-likeness (QED) is 0.629. The van der Waals surface area contributed by atoms with Gasteiger partial charge in [0.15, 0.2) is 0 Å². The minimum absolute atomic E-state index is 0.250. The molecule has 0 radical (unpaired) electrons. The minimum atomic E-state index is 0.250. The standard InChI is InChI=1S/C16H24N4O/c1-2-20-16-6-4-3-5-14(16)15(19-20)10-13(18-17)9-12-7-8-21-11-12/h3-6,12-13,18H,2,7-11,17H2,1H3. The van der Waals surface area contributed by atoms with Gasteiger partial charge in [0.25, 0.3) is 0 Å². The highest BCUT2D eigenvalue weighted by Gasteiger charge is 2.22. The fraction of sp³-hybridized carbons (Fsp3) is 0.562. The zero-order chi connectivity index (χ0) is 14.7. The van der Waals surface area contributed by atoms with E-state index in [2.05, 4.69) is 41.3 Å². The number of aryl methyl sites for hydroxylation is 1. The number of aromatic nitrogens is 2. The molecule has 3 N–H and O–H groups in total. The molecule has 5 heteroatoms. The van der Waals surface area contributed by atoms with E-state index in [4.69, 9.17) is 15.7 Å². The normalized spacial score (nSPS) is 20.2. The molecule has 0 amide bonds. The molecule has 0 saturated carbocycles. The van der Waals surface area contributed by atoms with Gasteiger partial charge in [0, 0.05) is 37.6 Å². The number of hydrazine groups is 1. The molecule has 2 aromatic rings. The van der Waals surface area contributed by atoms with Crippen LogP contribution in [0.25, 0.3) is 10.9 Å². The summed E-state index contributed by atoms with van der Waals surface area (Å²) >= 11 is 0. The molecule has 2 unspecified atom stereocenters. The third-order valence-corrected chi connectivity index (χ3v) is 4.35. The monoisotopic (exact) mass is 288 g/mol. The van der Waals surface area contributed by atoms with Crippen molar-refractivity contribution in [3.63, 3.8) is 0 Å². The Morgan fingerprint density at radius 1 is 1.48 bits per heavy atom. The van der Waals surface area contributed by atoms with Crippen molar-refractivity contribution >= 4 is 10.9 Å². The molecule has 21 heavy (non-hydrogen) atoms. The van der Waals surface area contributed by atoms with Crippen molar-refractivity contribution < 1.29 is 4.74 Å². The van der Waals surface area contributed by atoms with Gasteiger partial charge in [0.1, 0.15) is 0 Å². The second kappa shape index (κ2) is 6.56. The fourth-order valence-electron chi connectivity index (χ4n) is 3.20. The lowest BCUT2D eigenvalue weighted by Gasteiger charge is -2.18. The molecule has 1 aliphatic heterocycles. The number of ether oxygens (including phenoxy) is 1. The second-order valence-electron chi connectivity index (χ2n) is 5.81. The molecule has 1 aromatic heterocycles. The van der Waals surface area contributed by atoms with Crippen LogP contribution in [0.1, 0.15) is 25.5 Å². The first kappa shape index (κ1) is 14.5. The van der Waals surface area contributed by atoms with Gasteiger partial charge in [0.05, 0.1) is 11.2 Å². The molecule has 1 aromatic carbocycles. The molecule has 2 heterocycles. The number of nitrogens with one attached hydrogen (secondary N) is 1. The number of rotatable bonds is 6. The lowest BCUT2D eigenvalue weighted by Crippen LogP contribution is -2.38. The van der Waals surface area contributed by atoms with Gasteiger partial charge in [-0.2, -0.15) is 5.10 Å². The van der Waals surface area contributed by atoms with E-state index in [-0.39, 0.29) is 6.04 Å². The topological polar surface area (TPSA) is 65.1 Å². The smallest absolute Gasteiger partial charge is 0.0719 e. The van der Waals surface area contributed by atoms with Crippen molar-refractivity contribution in [2.24, 2.45) is 11.8 Å². The Hall–Kier alpha value is -1.43. The van der Waals surface area contributed by atoms with Crippen LogP contribution in [0.2, 0.25) is 0 Å². The van der Waals surface area contributed by atoms with E-state index < -0.39 is 0 Å². The Kier molecular flexibility index (Phi) is 4.53. The highest BCUT2D eigenvalue weighted by Crippen LogP contribution is 2.23. The molecule has 3 rings (SSSR count). The largest absolute Gasteiger partial charge is 0.381 e. The number of hydrogen-bond acceptors (Lipinski definition) is 4. The van der Waals surface area contributed by atoms with E-state index in [0.717, 1.165) is 44.7 Å². The minimum Gasteiger partial charge on any atom is -0.381 e. The molecule has 0 spiro atoms. The first-order chi connectivity index (χ1) is 10.3. The summed E-state index contributed by atoms with van der Waals surface area (Å²) < 4.78 is 7.52. The van der Waals surface area contributed by atoms with E-state index in [1.165, 1.54) is 10.9 Å². The highest BCUT2D eigenvalue weighted by atomic mass is 16.5. The van der Waals surface area contributed by atoms with Crippen LogP contribution >= 0.6 is 0 Å². The Balaban J connectivity index is 1.79. The maximum absolute atomic E-state index is 5.76. The van der Waals surface area contributed by atoms with Crippen LogP contribution in [0.3, 0.4) is 0 Å². The third-order valence-electron chi connectivity index (χ3n) is 4.35. The van der Waals surface area contributed by atoms with Crippen molar-refractivity contribution in [2.45, 2.75) is 38.8 Å². The van der Waals surface area contributed by atoms with Crippen molar-refractivity contribution in [1.29, 1.82) is 0 Å². The summed E-state index contributed by atoms with van der Waals surface area (Å²) in [6.07, 6.45) is 3.05. The number of nitrogens with two attached hydrogens (primary N) is 1. The van der Waals surface area contributed by atoms with Crippen molar-refractivity contribution in [3.8, 4) is 0 Å². The van der Waals surface area contributed by atoms with E-state index in [1.807, 2.05) is 0 Å². The molecule has 114 valence electrons. The van der Waals surface area contributed by atoms with Gasteiger partial charge in [-0.25, -0.2) is 0 Å². The maximum atomic E-state index is 5.76. The summed E-state index contributed by atoms with van der Waals surface area (Å²) in [5.74, 6) is 6.37. The summed E-state index contributed by atoms with van der Waals surface area (Å²) in [5.41, 5.74) is 5.30. The number of fused-ring (bicyclic) bond motifs is 1. The van der Waals surface area contributed by atoms with E-state index >= 15 is 0 Å². The molecule has 5 nitrogen and oxygen atoms in total. The van der Waals surface area contributed by atoms with E-state index in [1.54, 1.807) is 0 Å². The zero-order valence-corrected chi connectivity index (χ0v) is 12.6. The highest BCUT2D eigenvalue weighted by molar-refractivity contribution is 5.82. The number of para-hydroxylation sites is 1. The van der Waals surface area contributed by atoms with Crippen LogP contribution in [0.4, 0.5) is 0 Å². The molecule has 1 fully saturated rings. The summed E-state index contributed by atoms with van der Waals surface area (Å²) in [5, 5.41) is 6.00. The van der Waals surface area contributed by atoms with Crippen LogP contribution in [-0.4, -0.2) is 29.0 Å². The molecule has 1 saturated heterocycles. The van der Waals surface area contributed by atoms with Gasteiger partial charge in [-0.3, -0.25) is 16.0 Å². The van der Waals surface area contributed by atoms with E-state index in [0.29, 0.717) is 5.92 Å². The summed E-state index contributed by atoms with van der Waals surface area (Å²) in [6.45, 7) is 4.76. The van der Waals surface area contributed by atoms with Gasteiger partial charge in [-0.15, -0.1) is 0 Å². The number of hydrogen-bond donors (Lipinski definition) is 2. The Morgan fingerprint density at radius 2 is 2.33 bits per heavy atom. The van der Waals surface area contributed by atoms with Crippen molar-refractivity contribution in [2.75, 3.05) is 13.2 Å². The summed E-state index contributed by atoms with van der Waals surface area (Å²) in [6, 6.07) is 8.67. The Labute approximate surface area is 125 Å². The maximum Gasteiger partial charge on any atom is 0.0719 e. The van der Waals surface area contributed by atoms with Gasteiger partial charge in [-0.1, -0.05) is 18.2 Å². The zero-order valence-electron chi connectivity index (χ0n) is 12.6. The van der Waals surface area contributed by atoms with E-state index in [9.17, 15) is 0 Å². The molecule has 2 atom stereocenters. The second-order valence-corrected chi connectivity index (χ2v) is 5.81. The predicted molar refractivity (Wildman–Crippen MR) is 83.8 cm³/mol. The van der Waals surface area contributed by atoms with Crippen LogP contribution in [0.5, 0.6) is 0 Å². The predicted octanol–water partition coefficient (Wildman–Crippen LogP) is 1.86. The van der Waals surface area contributed by atoms with Gasteiger partial charge in [0.2, 0.25) is 0 Å². The Morgan fingerprint density at radius 3 is 3.05 bits per heavy atom. The SMILES string of the molecule is CCn1nc(CC(CC2CCOC2)NN)c2ccccc21. The van der Waals surface area contributed by atoms with Crippen molar-refractivity contribution in [3.05, 3.63) is 30.0 Å². The van der Waals surface area contributed by atoms with Gasteiger partial charge in [-0.05, 0) is 31.7 Å². The first-order valence-electron chi connectivity index (χ1n) is 7.80.